The van der Waals surface area contributed by atoms with Gasteiger partial charge >= 0.3 is 5.97 Å². The van der Waals surface area contributed by atoms with Gasteiger partial charge in [-0.15, -0.1) is 0 Å². The highest BCUT2D eigenvalue weighted by molar-refractivity contribution is 9.10. The molecule has 7 heteroatoms. The molecule has 0 spiro atoms. The fourth-order valence-corrected chi connectivity index (χ4v) is 3.09. The van der Waals surface area contributed by atoms with Gasteiger partial charge in [0.2, 0.25) is 5.91 Å². The average molecular weight is 464 g/mol. The Morgan fingerprint density at radius 2 is 1.86 bits per heavy atom. The topological polar surface area (TPSA) is 84.9 Å². The number of hydrogen-bond acceptors (Lipinski definition) is 5. The van der Waals surface area contributed by atoms with E-state index in [1.165, 1.54) is 30.9 Å². The van der Waals surface area contributed by atoms with Gasteiger partial charge in [0.1, 0.15) is 11.5 Å². The summed E-state index contributed by atoms with van der Waals surface area (Å²) < 4.78 is 11.2. The first-order valence-electron chi connectivity index (χ1n) is 9.26. The molecule has 156 valence electrons. The summed E-state index contributed by atoms with van der Waals surface area (Å²) in [5.41, 5.74) is 1.71. The molecule has 0 unspecified atom stereocenters. The van der Waals surface area contributed by atoms with Crippen molar-refractivity contribution in [2.45, 2.75) is 39.0 Å². The van der Waals surface area contributed by atoms with Gasteiger partial charge < -0.3 is 19.9 Å². The Bertz CT molecular complexity index is 889. The Morgan fingerprint density at radius 1 is 1.14 bits per heavy atom. The van der Waals surface area contributed by atoms with E-state index in [1.807, 2.05) is 18.2 Å². The molecule has 0 aliphatic heterocycles. The minimum absolute atomic E-state index is 0.0553. The van der Waals surface area contributed by atoms with Crippen LogP contribution in [0.5, 0.6) is 11.5 Å². The molecule has 0 bridgehead atoms. The van der Waals surface area contributed by atoms with Crippen LogP contribution in [0.2, 0.25) is 0 Å². The molecular formula is C22H26BrNO5. The highest BCUT2D eigenvalue weighted by Gasteiger charge is 2.15. The molecule has 0 atom stereocenters. The zero-order chi connectivity index (χ0) is 21.6. The van der Waals surface area contributed by atoms with Crippen molar-refractivity contribution < 1.29 is 24.2 Å². The molecule has 0 aliphatic rings. The fourth-order valence-electron chi connectivity index (χ4n) is 2.59. The van der Waals surface area contributed by atoms with Gasteiger partial charge in [-0.05, 0) is 63.7 Å². The van der Waals surface area contributed by atoms with Crippen molar-refractivity contribution in [2.24, 2.45) is 0 Å². The van der Waals surface area contributed by atoms with Crippen molar-refractivity contribution in [2.75, 3.05) is 19.0 Å². The van der Waals surface area contributed by atoms with Gasteiger partial charge in [-0.25, -0.2) is 4.79 Å². The number of aromatic hydroxyl groups is 1. The SMILES string of the molecule is COC(=O)c1ccc(NC(=O)CCCOc2ccc(C(C)(C)C)cc2Br)c(O)c1. The van der Waals surface area contributed by atoms with Crippen LogP contribution in [0.4, 0.5) is 5.69 Å². The number of ether oxygens (including phenoxy) is 2. The third-order valence-electron chi connectivity index (χ3n) is 4.30. The molecule has 2 N–H and O–H groups in total. The molecule has 0 fully saturated rings. The van der Waals surface area contributed by atoms with E-state index < -0.39 is 5.97 Å². The Labute approximate surface area is 179 Å². The maximum absolute atomic E-state index is 12.1. The summed E-state index contributed by atoms with van der Waals surface area (Å²) >= 11 is 3.53. The first-order valence-corrected chi connectivity index (χ1v) is 10.0. The molecule has 2 aromatic carbocycles. The molecule has 6 nitrogen and oxygen atoms in total. The van der Waals surface area contributed by atoms with Crippen LogP contribution in [0, 0.1) is 0 Å². The molecule has 0 radical (unpaired) electrons. The molecule has 1 amide bonds. The van der Waals surface area contributed by atoms with Crippen molar-refractivity contribution in [1.82, 2.24) is 0 Å². The summed E-state index contributed by atoms with van der Waals surface area (Å²) in [6, 6.07) is 10.2. The average Bonchev–Trinajstić information content (AvgIpc) is 2.66. The molecule has 0 aromatic heterocycles. The Kier molecular flexibility index (Phi) is 7.67. The van der Waals surface area contributed by atoms with E-state index in [0.29, 0.717) is 13.0 Å². The monoisotopic (exact) mass is 463 g/mol. The van der Waals surface area contributed by atoms with Crippen LogP contribution in [-0.4, -0.2) is 30.7 Å². The fraction of sp³-hybridized carbons (Fsp3) is 0.364. The number of nitrogens with one attached hydrogen (secondary N) is 1. The van der Waals surface area contributed by atoms with Gasteiger partial charge in [-0.2, -0.15) is 0 Å². The van der Waals surface area contributed by atoms with Gasteiger partial charge in [0.05, 0.1) is 29.4 Å². The highest BCUT2D eigenvalue weighted by Crippen LogP contribution is 2.31. The van der Waals surface area contributed by atoms with E-state index in [4.69, 9.17) is 4.74 Å². The van der Waals surface area contributed by atoms with E-state index in [2.05, 4.69) is 46.8 Å². The molecule has 0 heterocycles. The van der Waals surface area contributed by atoms with E-state index in [-0.39, 0.29) is 34.7 Å². The third kappa shape index (κ3) is 6.49. The number of amides is 1. The lowest BCUT2D eigenvalue weighted by molar-refractivity contribution is -0.116. The Balaban J connectivity index is 1.83. The molecule has 2 rings (SSSR count). The van der Waals surface area contributed by atoms with E-state index in [9.17, 15) is 14.7 Å². The van der Waals surface area contributed by atoms with Crippen LogP contribution in [0.3, 0.4) is 0 Å². The minimum atomic E-state index is -0.558. The lowest BCUT2D eigenvalue weighted by Gasteiger charge is -2.20. The standard InChI is InChI=1S/C22H26BrNO5/c1-22(2,3)15-8-10-19(16(23)13-15)29-11-5-6-20(26)24-17-9-7-14(12-18(17)25)21(27)28-4/h7-10,12-13,25H,5-6,11H2,1-4H3,(H,24,26). The van der Waals surface area contributed by atoms with Crippen LogP contribution in [0.15, 0.2) is 40.9 Å². The first-order chi connectivity index (χ1) is 13.6. The highest BCUT2D eigenvalue weighted by atomic mass is 79.9. The van der Waals surface area contributed by atoms with Gasteiger partial charge in [0.15, 0.2) is 0 Å². The summed E-state index contributed by atoms with van der Waals surface area (Å²) in [4.78, 5) is 23.5. The summed E-state index contributed by atoms with van der Waals surface area (Å²) in [5, 5.41) is 12.6. The van der Waals surface area contributed by atoms with Gasteiger partial charge in [-0.3, -0.25) is 4.79 Å². The number of anilines is 1. The number of hydrogen-bond donors (Lipinski definition) is 2. The molecule has 0 aliphatic carbocycles. The van der Waals surface area contributed by atoms with Crippen molar-refractivity contribution in [3.63, 3.8) is 0 Å². The number of carbonyl (C=O) groups is 2. The molecule has 2 aromatic rings. The van der Waals surface area contributed by atoms with Crippen molar-refractivity contribution in [1.29, 1.82) is 0 Å². The number of phenols is 1. The van der Waals surface area contributed by atoms with Crippen molar-refractivity contribution in [3.8, 4) is 11.5 Å². The zero-order valence-corrected chi connectivity index (χ0v) is 18.6. The lowest BCUT2D eigenvalue weighted by Crippen LogP contribution is -2.13. The van der Waals surface area contributed by atoms with Crippen molar-refractivity contribution in [3.05, 3.63) is 52.0 Å². The maximum atomic E-state index is 12.1. The second-order valence-corrected chi connectivity index (χ2v) is 8.47. The number of phenolic OH excluding ortho intramolecular Hbond substituents is 1. The molecule has 0 saturated carbocycles. The number of halogens is 1. The van der Waals surface area contributed by atoms with Crippen LogP contribution < -0.4 is 10.1 Å². The minimum Gasteiger partial charge on any atom is -0.506 e. The Morgan fingerprint density at radius 3 is 2.45 bits per heavy atom. The number of benzene rings is 2. The molecule has 29 heavy (non-hydrogen) atoms. The normalized spacial score (nSPS) is 11.1. The third-order valence-corrected chi connectivity index (χ3v) is 4.92. The number of esters is 1. The maximum Gasteiger partial charge on any atom is 0.337 e. The van der Waals surface area contributed by atoms with Crippen LogP contribution in [0.1, 0.15) is 49.5 Å². The predicted octanol–water partition coefficient (Wildman–Crippen LogP) is 5.04. The smallest absolute Gasteiger partial charge is 0.337 e. The summed E-state index contributed by atoms with van der Waals surface area (Å²) in [6.07, 6.45) is 0.746. The molecule has 0 saturated heterocycles. The summed E-state index contributed by atoms with van der Waals surface area (Å²) in [5.74, 6) is -0.274. The summed E-state index contributed by atoms with van der Waals surface area (Å²) in [7, 11) is 1.26. The van der Waals surface area contributed by atoms with E-state index >= 15 is 0 Å². The van der Waals surface area contributed by atoms with Gasteiger partial charge in [0, 0.05) is 6.42 Å². The second-order valence-electron chi connectivity index (χ2n) is 7.62. The number of carbonyl (C=O) groups excluding carboxylic acids is 2. The van der Waals surface area contributed by atoms with Crippen molar-refractivity contribution >= 4 is 33.5 Å². The largest absolute Gasteiger partial charge is 0.506 e. The lowest BCUT2D eigenvalue weighted by atomic mass is 9.87. The van der Waals surface area contributed by atoms with E-state index in [0.717, 1.165) is 10.2 Å². The van der Waals surface area contributed by atoms with Crippen LogP contribution in [-0.2, 0) is 14.9 Å². The second kappa shape index (κ2) is 9.78. The number of methoxy groups -OCH3 is 1. The van der Waals surface area contributed by atoms with Gasteiger partial charge in [0.25, 0.3) is 0 Å². The van der Waals surface area contributed by atoms with E-state index in [1.54, 1.807) is 0 Å². The van der Waals surface area contributed by atoms with Gasteiger partial charge in [-0.1, -0.05) is 26.8 Å². The quantitative estimate of drug-likeness (QED) is 0.341. The Hall–Kier alpha value is -2.54. The first kappa shape index (κ1) is 22.7. The summed E-state index contributed by atoms with van der Waals surface area (Å²) in [6.45, 7) is 6.83. The molecular weight excluding hydrogens is 438 g/mol. The van der Waals surface area contributed by atoms with Crippen LogP contribution >= 0.6 is 15.9 Å². The zero-order valence-electron chi connectivity index (χ0n) is 17.0. The predicted molar refractivity (Wildman–Crippen MR) is 116 cm³/mol. The van der Waals surface area contributed by atoms with Crippen LogP contribution in [0.25, 0.3) is 0 Å². The number of rotatable bonds is 7.